The Morgan fingerprint density at radius 1 is 0.938 bits per heavy atom. The van der Waals surface area contributed by atoms with E-state index in [0.29, 0.717) is 6.54 Å². The minimum atomic E-state index is -0.231. The highest BCUT2D eigenvalue weighted by molar-refractivity contribution is 5.90. The van der Waals surface area contributed by atoms with Gasteiger partial charge in [-0.25, -0.2) is 9.48 Å². The van der Waals surface area contributed by atoms with Gasteiger partial charge in [0.2, 0.25) is 0 Å². The van der Waals surface area contributed by atoms with E-state index in [2.05, 4.69) is 56.8 Å². The number of likely N-dealkylation sites (N-methyl/N-ethyl adjacent to an activating group) is 1. The van der Waals surface area contributed by atoms with Crippen LogP contribution in [0.3, 0.4) is 0 Å². The highest BCUT2D eigenvalue weighted by atomic mass is 16.2. The fraction of sp³-hybridized carbons (Fsp3) is 0.360. The van der Waals surface area contributed by atoms with Gasteiger partial charge in [-0.15, -0.1) is 0 Å². The average molecular weight is 433 g/mol. The Bertz CT molecular complexity index is 1040. The number of carbonyl (C=O) groups excluding carboxylic acids is 1. The van der Waals surface area contributed by atoms with Crippen molar-refractivity contribution in [3.8, 4) is 5.69 Å². The zero-order valence-electron chi connectivity index (χ0n) is 19.1. The summed E-state index contributed by atoms with van der Waals surface area (Å²) in [5, 5.41) is 10.5. The Labute approximate surface area is 190 Å². The second kappa shape index (κ2) is 9.97. The quantitative estimate of drug-likeness (QED) is 0.625. The Hall–Kier alpha value is -3.16. The first-order valence-corrected chi connectivity index (χ1v) is 11.1. The lowest BCUT2D eigenvalue weighted by molar-refractivity contribution is 0.148. The van der Waals surface area contributed by atoms with Gasteiger partial charge in [0.15, 0.2) is 0 Å². The lowest BCUT2D eigenvalue weighted by Crippen LogP contribution is -2.43. The zero-order chi connectivity index (χ0) is 22.5. The molecular formula is C25H32N6O. The van der Waals surface area contributed by atoms with E-state index >= 15 is 0 Å². The van der Waals surface area contributed by atoms with Gasteiger partial charge < -0.3 is 15.5 Å². The van der Waals surface area contributed by atoms with Crippen molar-refractivity contribution in [2.24, 2.45) is 0 Å². The van der Waals surface area contributed by atoms with Crippen molar-refractivity contribution < 1.29 is 4.79 Å². The molecule has 1 aliphatic heterocycles. The number of aromatic nitrogens is 2. The molecule has 0 spiro atoms. The number of carbonyl (C=O) groups is 1. The molecule has 0 unspecified atom stereocenters. The molecule has 1 aromatic heterocycles. The molecule has 2 N–H and O–H groups in total. The first-order chi connectivity index (χ1) is 15.5. The van der Waals surface area contributed by atoms with Crippen molar-refractivity contribution in [2.45, 2.75) is 26.9 Å². The molecule has 2 amide bonds. The maximum absolute atomic E-state index is 12.5. The van der Waals surface area contributed by atoms with Gasteiger partial charge in [0.05, 0.1) is 22.8 Å². The highest BCUT2D eigenvalue weighted by Crippen LogP contribution is 2.22. The number of piperazine rings is 1. The van der Waals surface area contributed by atoms with Gasteiger partial charge in [0.25, 0.3) is 0 Å². The van der Waals surface area contributed by atoms with Crippen LogP contribution in [0.4, 0.5) is 10.5 Å². The summed E-state index contributed by atoms with van der Waals surface area (Å²) in [7, 11) is 2.17. The number of urea groups is 1. The predicted molar refractivity (Wildman–Crippen MR) is 128 cm³/mol. The van der Waals surface area contributed by atoms with Gasteiger partial charge in [0.1, 0.15) is 0 Å². The van der Waals surface area contributed by atoms with E-state index in [-0.39, 0.29) is 6.03 Å². The van der Waals surface area contributed by atoms with Crippen molar-refractivity contribution >= 4 is 11.7 Å². The molecular weight excluding hydrogens is 400 g/mol. The standard InChI is InChI=1S/C25H32N6O/c1-19-24(20(2)31(28-19)23-7-5-4-6-8-23)27-25(32)26-17-21-9-11-22(12-10-21)18-30-15-13-29(3)14-16-30/h4-12H,13-18H2,1-3H3,(H2,26,27,32). The van der Waals surface area contributed by atoms with Crippen LogP contribution in [0.2, 0.25) is 0 Å². The lowest BCUT2D eigenvalue weighted by Gasteiger charge is -2.32. The molecule has 0 aliphatic carbocycles. The van der Waals surface area contributed by atoms with Gasteiger partial charge in [0, 0.05) is 39.3 Å². The van der Waals surface area contributed by atoms with Crippen molar-refractivity contribution in [2.75, 3.05) is 38.5 Å². The van der Waals surface area contributed by atoms with Gasteiger partial charge >= 0.3 is 6.03 Å². The summed E-state index contributed by atoms with van der Waals surface area (Å²) in [4.78, 5) is 17.4. The average Bonchev–Trinajstić information content (AvgIpc) is 3.09. The molecule has 1 saturated heterocycles. The second-order valence-electron chi connectivity index (χ2n) is 8.50. The number of benzene rings is 2. The molecule has 0 radical (unpaired) electrons. The molecule has 4 rings (SSSR count). The predicted octanol–water partition coefficient (Wildman–Crippen LogP) is 3.56. The lowest BCUT2D eigenvalue weighted by atomic mass is 10.1. The third-order valence-corrected chi connectivity index (χ3v) is 6.01. The monoisotopic (exact) mass is 432 g/mol. The summed E-state index contributed by atoms with van der Waals surface area (Å²) in [6.07, 6.45) is 0. The van der Waals surface area contributed by atoms with Crippen molar-refractivity contribution in [3.63, 3.8) is 0 Å². The number of anilines is 1. The summed E-state index contributed by atoms with van der Waals surface area (Å²) in [6.45, 7) is 9.79. The van der Waals surface area contributed by atoms with E-state index in [1.807, 2.05) is 48.9 Å². The second-order valence-corrected chi connectivity index (χ2v) is 8.50. The van der Waals surface area contributed by atoms with Crippen molar-refractivity contribution in [1.82, 2.24) is 24.9 Å². The SMILES string of the molecule is Cc1nn(-c2ccccc2)c(C)c1NC(=O)NCc1ccc(CN2CCN(C)CC2)cc1. The summed E-state index contributed by atoms with van der Waals surface area (Å²) in [6, 6.07) is 18.2. The molecule has 3 aromatic rings. The van der Waals surface area contributed by atoms with Crippen LogP contribution in [0, 0.1) is 13.8 Å². The van der Waals surface area contributed by atoms with Crippen molar-refractivity contribution in [1.29, 1.82) is 0 Å². The number of rotatable bonds is 6. The van der Waals surface area contributed by atoms with E-state index in [1.54, 1.807) is 0 Å². The summed E-state index contributed by atoms with van der Waals surface area (Å²) in [5.74, 6) is 0. The normalized spacial score (nSPS) is 15.0. The molecule has 32 heavy (non-hydrogen) atoms. The van der Waals surface area contributed by atoms with Gasteiger partial charge in [-0.2, -0.15) is 5.10 Å². The van der Waals surface area contributed by atoms with Crippen LogP contribution in [-0.4, -0.2) is 58.8 Å². The molecule has 1 fully saturated rings. The molecule has 7 heteroatoms. The van der Waals surface area contributed by atoms with E-state index in [1.165, 1.54) is 5.56 Å². The van der Waals surface area contributed by atoms with Gasteiger partial charge in [-0.1, -0.05) is 42.5 Å². The molecule has 0 saturated carbocycles. The molecule has 2 heterocycles. The molecule has 168 valence electrons. The van der Waals surface area contributed by atoms with E-state index < -0.39 is 0 Å². The van der Waals surface area contributed by atoms with Gasteiger partial charge in [-0.3, -0.25) is 4.90 Å². The number of hydrogen-bond acceptors (Lipinski definition) is 4. The zero-order valence-corrected chi connectivity index (χ0v) is 19.1. The Morgan fingerprint density at radius 2 is 1.59 bits per heavy atom. The summed E-state index contributed by atoms with van der Waals surface area (Å²) in [5.41, 5.74) is 5.79. The van der Waals surface area contributed by atoms with Crippen LogP contribution in [0.15, 0.2) is 54.6 Å². The highest BCUT2D eigenvalue weighted by Gasteiger charge is 2.16. The van der Waals surface area contributed by atoms with Crippen LogP contribution in [0.25, 0.3) is 5.69 Å². The fourth-order valence-corrected chi connectivity index (χ4v) is 4.01. The molecule has 0 bridgehead atoms. The smallest absolute Gasteiger partial charge is 0.319 e. The number of hydrogen-bond donors (Lipinski definition) is 2. The minimum absolute atomic E-state index is 0.231. The molecule has 2 aromatic carbocycles. The number of nitrogens with one attached hydrogen (secondary N) is 2. The van der Waals surface area contributed by atoms with Crippen LogP contribution >= 0.6 is 0 Å². The Kier molecular flexibility index (Phi) is 6.87. The fourth-order valence-electron chi connectivity index (χ4n) is 4.01. The third kappa shape index (κ3) is 5.36. The van der Waals surface area contributed by atoms with Crippen LogP contribution in [-0.2, 0) is 13.1 Å². The summed E-state index contributed by atoms with van der Waals surface area (Å²) >= 11 is 0. The van der Waals surface area contributed by atoms with Crippen molar-refractivity contribution in [3.05, 3.63) is 77.1 Å². The molecule has 7 nitrogen and oxygen atoms in total. The van der Waals surface area contributed by atoms with Gasteiger partial charge in [-0.05, 0) is 44.2 Å². The first kappa shape index (κ1) is 22.0. The maximum atomic E-state index is 12.5. The molecule has 1 aliphatic rings. The number of amides is 2. The number of aryl methyl sites for hydroxylation is 1. The summed E-state index contributed by atoms with van der Waals surface area (Å²) < 4.78 is 1.85. The topological polar surface area (TPSA) is 65.4 Å². The Morgan fingerprint density at radius 3 is 2.28 bits per heavy atom. The maximum Gasteiger partial charge on any atom is 0.319 e. The Balaban J connectivity index is 1.30. The number of nitrogens with zero attached hydrogens (tertiary/aromatic N) is 4. The van der Waals surface area contributed by atoms with E-state index in [9.17, 15) is 4.79 Å². The minimum Gasteiger partial charge on any atom is -0.334 e. The van der Waals surface area contributed by atoms with Crippen LogP contribution < -0.4 is 10.6 Å². The number of para-hydroxylation sites is 1. The van der Waals surface area contributed by atoms with E-state index in [0.717, 1.165) is 61.0 Å². The molecule has 0 atom stereocenters. The van der Waals surface area contributed by atoms with Crippen LogP contribution in [0.1, 0.15) is 22.5 Å². The third-order valence-electron chi connectivity index (χ3n) is 6.01. The van der Waals surface area contributed by atoms with E-state index in [4.69, 9.17) is 0 Å². The van der Waals surface area contributed by atoms with Crippen LogP contribution in [0.5, 0.6) is 0 Å². The first-order valence-electron chi connectivity index (χ1n) is 11.1. The largest absolute Gasteiger partial charge is 0.334 e.